The number of carbonyl (C=O) groups excluding carboxylic acids is 1. The number of amides is 1. The number of rotatable bonds is 3. The number of aromatic nitrogens is 4. The van der Waals surface area contributed by atoms with Gasteiger partial charge in [0, 0.05) is 23.4 Å². The van der Waals surface area contributed by atoms with E-state index >= 15 is 0 Å². The average molecular weight is 337 g/mol. The molecule has 3 rings (SSSR count). The molecule has 116 valence electrons. The van der Waals surface area contributed by atoms with Crippen molar-refractivity contribution < 1.29 is 4.79 Å². The molecule has 2 aromatic rings. The maximum Gasteiger partial charge on any atom is 0.257 e. The average Bonchev–Trinajstić information content (AvgIpc) is 3.03. The lowest BCUT2D eigenvalue weighted by molar-refractivity contribution is -0.116. The number of carbonyl (C=O) groups is 1. The molecule has 0 aliphatic carbocycles. The third-order valence-electron chi connectivity index (χ3n) is 3.52. The monoisotopic (exact) mass is 337 g/mol. The Kier molecular flexibility index (Phi) is 4.00. The molecule has 0 fully saturated rings. The van der Waals surface area contributed by atoms with E-state index < -0.39 is 0 Å². The van der Waals surface area contributed by atoms with E-state index in [9.17, 15) is 9.59 Å². The molecule has 1 amide bonds. The van der Waals surface area contributed by atoms with Gasteiger partial charge in [-0.1, -0.05) is 23.1 Å². The van der Waals surface area contributed by atoms with Crippen LogP contribution in [-0.4, -0.2) is 31.4 Å². The Morgan fingerprint density at radius 1 is 1.36 bits per heavy atom. The van der Waals surface area contributed by atoms with Gasteiger partial charge in [-0.25, -0.2) is 4.98 Å². The summed E-state index contributed by atoms with van der Waals surface area (Å²) in [5.74, 6) is 0.507. The summed E-state index contributed by atoms with van der Waals surface area (Å²) >= 11 is 2.84. The van der Waals surface area contributed by atoms with E-state index in [2.05, 4.69) is 20.5 Å². The van der Waals surface area contributed by atoms with Crippen LogP contribution < -0.4 is 10.9 Å². The van der Waals surface area contributed by atoms with Gasteiger partial charge in [0.25, 0.3) is 5.56 Å². The van der Waals surface area contributed by atoms with Crippen molar-refractivity contribution >= 4 is 34.1 Å². The van der Waals surface area contributed by atoms with Crippen molar-refractivity contribution in [1.29, 1.82) is 0 Å². The Labute approximate surface area is 135 Å². The molecule has 0 spiro atoms. The molecule has 0 radical (unpaired) electrons. The second kappa shape index (κ2) is 5.81. The normalized spacial score (nSPS) is 16.6. The first-order valence-electron chi connectivity index (χ1n) is 6.78. The Hall–Kier alpha value is -1.74. The molecule has 1 unspecified atom stereocenters. The molecule has 22 heavy (non-hydrogen) atoms. The van der Waals surface area contributed by atoms with E-state index in [1.165, 1.54) is 23.1 Å². The van der Waals surface area contributed by atoms with E-state index in [4.69, 9.17) is 0 Å². The first-order chi connectivity index (χ1) is 10.5. The number of aryl methyl sites for hydroxylation is 2. The van der Waals surface area contributed by atoms with Crippen LogP contribution in [0.3, 0.4) is 0 Å². The fourth-order valence-corrected chi connectivity index (χ4v) is 4.04. The molecule has 1 atom stereocenters. The molecule has 9 heteroatoms. The maximum absolute atomic E-state index is 12.4. The fraction of sp³-hybridized carbons (Fsp3) is 0.462. The maximum atomic E-state index is 12.4. The van der Waals surface area contributed by atoms with Crippen molar-refractivity contribution in [2.24, 2.45) is 0 Å². The van der Waals surface area contributed by atoms with Crippen LogP contribution in [0.25, 0.3) is 0 Å². The lowest BCUT2D eigenvalue weighted by Gasteiger charge is -2.13. The lowest BCUT2D eigenvalue weighted by atomic mass is 10.2. The Morgan fingerprint density at radius 3 is 2.82 bits per heavy atom. The molecular weight excluding hydrogens is 322 g/mol. The Morgan fingerprint density at radius 2 is 2.14 bits per heavy atom. The molecule has 3 heterocycles. The number of nitrogens with zero attached hydrogens (tertiary/aromatic N) is 4. The van der Waals surface area contributed by atoms with Gasteiger partial charge >= 0.3 is 0 Å². The third kappa shape index (κ3) is 2.78. The van der Waals surface area contributed by atoms with E-state index in [1.807, 2.05) is 13.8 Å². The van der Waals surface area contributed by atoms with Gasteiger partial charge < -0.3 is 5.32 Å². The zero-order chi connectivity index (χ0) is 15.9. The van der Waals surface area contributed by atoms with Crippen molar-refractivity contribution in [3.63, 3.8) is 0 Å². The minimum absolute atomic E-state index is 0.0583. The first kappa shape index (κ1) is 15.2. The molecule has 1 aliphatic heterocycles. The second-order valence-corrected chi connectivity index (χ2v) is 7.29. The second-order valence-electron chi connectivity index (χ2n) is 5.12. The summed E-state index contributed by atoms with van der Waals surface area (Å²) in [5, 5.41) is 12.4. The summed E-state index contributed by atoms with van der Waals surface area (Å²) in [4.78, 5) is 29.0. The summed E-state index contributed by atoms with van der Waals surface area (Å²) in [6.07, 6.45) is 0.225. The van der Waals surface area contributed by atoms with Crippen LogP contribution in [0.2, 0.25) is 0 Å². The topological polar surface area (TPSA) is 89.8 Å². The molecule has 7 nitrogen and oxygen atoms in total. The zero-order valence-electron chi connectivity index (χ0n) is 12.4. The zero-order valence-corrected chi connectivity index (χ0v) is 14.0. The molecule has 1 aliphatic rings. The van der Waals surface area contributed by atoms with Gasteiger partial charge in [0.15, 0.2) is 5.16 Å². The number of nitrogens with one attached hydrogen (secondary N) is 1. The smallest absolute Gasteiger partial charge is 0.257 e. The molecule has 0 bridgehead atoms. The van der Waals surface area contributed by atoms with Crippen molar-refractivity contribution in [3.05, 3.63) is 26.6 Å². The van der Waals surface area contributed by atoms with E-state index in [0.29, 0.717) is 21.6 Å². The molecule has 0 saturated carbocycles. The highest BCUT2D eigenvalue weighted by Crippen LogP contribution is 2.32. The quantitative estimate of drug-likeness (QED) is 0.857. The van der Waals surface area contributed by atoms with Gasteiger partial charge in [-0.05, 0) is 20.8 Å². The first-order valence-corrected chi connectivity index (χ1v) is 8.58. The van der Waals surface area contributed by atoms with E-state index in [1.54, 1.807) is 11.5 Å². The Balaban J connectivity index is 1.78. The minimum atomic E-state index is -0.173. The van der Waals surface area contributed by atoms with Crippen LogP contribution in [0, 0.1) is 20.8 Å². The molecule has 0 aromatic carbocycles. The summed E-state index contributed by atoms with van der Waals surface area (Å²) in [5.41, 5.74) is 1.33. The predicted octanol–water partition coefficient (Wildman–Crippen LogP) is 1.70. The van der Waals surface area contributed by atoms with E-state index in [0.717, 1.165) is 10.7 Å². The summed E-state index contributed by atoms with van der Waals surface area (Å²) < 4.78 is 1.64. The highest BCUT2D eigenvalue weighted by Gasteiger charge is 2.28. The van der Waals surface area contributed by atoms with Gasteiger partial charge in [-0.3, -0.25) is 14.2 Å². The standard InChI is InChI=1S/C13H15N5O2S2/c1-6-7(2)14-13-18(11(6)20)9(5-21-13)4-10(19)15-12-17-16-8(3)22-12/h9H,4-5H2,1-3H3,(H,15,17,19). The summed E-state index contributed by atoms with van der Waals surface area (Å²) in [6, 6.07) is -0.173. The number of hydrogen-bond donors (Lipinski definition) is 1. The SMILES string of the molecule is Cc1nnc(NC(=O)CC2CSc3nc(C)c(C)c(=O)n32)s1. The van der Waals surface area contributed by atoms with E-state index in [-0.39, 0.29) is 23.9 Å². The number of fused-ring (bicyclic) bond motifs is 1. The Bertz CT molecular complexity index is 798. The molecule has 0 saturated heterocycles. The highest BCUT2D eigenvalue weighted by atomic mass is 32.2. The van der Waals surface area contributed by atoms with Crippen LogP contribution >= 0.6 is 23.1 Å². The number of thioether (sulfide) groups is 1. The number of anilines is 1. The van der Waals surface area contributed by atoms with Crippen LogP contribution in [0.5, 0.6) is 0 Å². The van der Waals surface area contributed by atoms with Crippen LogP contribution in [0.1, 0.15) is 28.7 Å². The predicted molar refractivity (Wildman–Crippen MR) is 85.6 cm³/mol. The van der Waals surface area contributed by atoms with Crippen molar-refractivity contribution in [2.75, 3.05) is 11.1 Å². The molecular formula is C13H15N5O2S2. The van der Waals surface area contributed by atoms with Crippen LogP contribution in [0.15, 0.2) is 9.95 Å². The molecule has 2 aromatic heterocycles. The van der Waals surface area contributed by atoms with Gasteiger partial charge in [-0.2, -0.15) is 0 Å². The third-order valence-corrected chi connectivity index (χ3v) is 5.37. The number of hydrogen-bond acceptors (Lipinski definition) is 7. The highest BCUT2D eigenvalue weighted by molar-refractivity contribution is 7.99. The van der Waals surface area contributed by atoms with Crippen molar-refractivity contribution in [3.8, 4) is 0 Å². The van der Waals surface area contributed by atoms with Gasteiger partial charge in [-0.15, -0.1) is 10.2 Å². The van der Waals surface area contributed by atoms with Gasteiger partial charge in [0.1, 0.15) is 5.01 Å². The minimum Gasteiger partial charge on any atom is -0.300 e. The summed E-state index contributed by atoms with van der Waals surface area (Å²) in [7, 11) is 0. The largest absolute Gasteiger partial charge is 0.300 e. The van der Waals surface area contributed by atoms with Gasteiger partial charge in [0.05, 0.1) is 6.04 Å². The lowest BCUT2D eigenvalue weighted by Crippen LogP contribution is -2.29. The molecule has 1 N–H and O–H groups in total. The van der Waals surface area contributed by atoms with Crippen LogP contribution in [0.4, 0.5) is 5.13 Å². The van der Waals surface area contributed by atoms with Gasteiger partial charge in [0.2, 0.25) is 11.0 Å². The fourth-order valence-electron chi connectivity index (χ4n) is 2.25. The van der Waals surface area contributed by atoms with Crippen LogP contribution in [-0.2, 0) is 4.79 Å². The summed E-state index contributed by atoms with van der Waals surface area (Å²) in [6.45, 7) is 5.42. The van der Waals surface area contributed by atoms with Crippen molar-refractivity contribution in [1.82, 2.24) is 19.7 Å². The van der Waals surface area contributed by atoms with Crippen molar-refractivity contribution in [2.45, 2.75) is 38.4 Å².